The fraction of sp³-hybridized carbons (Fsp3) is 1.00. The molecule has 0 amide bonds. The molecule has 3 N–H and O–H groups in total. The molecule has 2 heteroatoms. The van der Waals surface area contributed by atoms with Crippen LogP contribution in [0.5, 0.6) is 0 Å². The van der Waals surface area contributed by atoms with E-state index in [0.29, 0.717) is 17.4 Å². The maximum atomic E-state index is 6.13. The summed E-state index contributed by atoms with van der Waals surface area (Å²) in [4.78, 5) is 0. The lowest BCUT2D eigenvalue weighted by atomic mass is 9.85. The van der Waals surface area contributed by atoms with Crippen molar-refractivity contribution in [2.45, 2.75) is 71.4 Å². The Bertz CT molecular complexity index is 274. The van der Waals surface area contributed by atoms with Gasteiger partial charge in [-0.05, 0) is 49.4 Å². The monoisotopic (exact) mass is 238 g/mol. The van der Waals surface area contributed by atoms with Gasteiger partial charge in [0, 0.05) is 18.1 Å². The van der Waals surface area contributed by atoms with E-state index < -0.39 is 0 Å². The predicted octanol–water partition coefficient (Wildman–Crippen LogP) is 2.92. The van der Waals surface area contributed by atoms with Gasteiger partial charge in [0.25, 0.3) is 0 Å². The molecule has 4 atom stereocenters. The van der Waals surface area contributed by atoms with Crippen molar-refractivity contribution >= 4 is 0 Å². The summed E-state index contributed by atoms with van der Waals surface area (Å²) in [6.45, 7) is 10.3. The maximum Gasteiger partial charge on any atom is 0.0337 e. The first-order valence-electron chi connectivity index (χ1n) is 7.35. The number of nitrogens with two attached hydrogens (primary N) is 1. The van der Waals surface area contributed by atoms with Crippen LogP contribution in [0.15, 0.2) is 0 Å². The van der Waals surface area contributed by atoms with E-state index in [1.807, 2.05) is 0 Å². The van der Waals surface area contributed by atoms with Crippen LogP contribution < -0.4 is 11.1 Å². The zero-order valence-corrected chi connectivity index (χ0v) is 12.1. The van der Waals surface area contributed by atoms with Crippen molar-refractivity contribution in [3.05, 3.63) is 0 Å². The summed E-state index contributed by atoms with van der Waals surface area (Å²) in [7, 11) is 0. The van der Waals surface area contributed by atoms with E-state index in [9.17, 15) is 0 Å². The Morgan fingerprint density at radius 3 is 2.35 bits per heavy atom. The molecule has 0 spiro atoms. The fourth-order valence-corrected chi connectivity index (χ4v) is 4.39. The van der Waals surface area contributed by atoms with E-state index in [0.717, 1.165) is 12.5 Å². The molecule has 100 valence electrons. The molecule has 0 aromatic carbocycles. The van der Waals surface area contributed by atoms with Crippen molar-refractivity contribution in [2.24, 2.45) is 23.0 Å². The van der Waals surface area contributed by atoms with Gasteiger partial charge in [-0.1, -0.05) is 27.7 Å². The van der Waals surface area contributed by atoms with Gasteiger partial charge in [-0.15, -0.1) is 0 Å². The molecular weight excluding hydrogens is 208 g/mol. The smallest absolute Gasteiger partial charge is 0.0337 e. The molecule has 2 nitrogen and oxygen atoms in total. The highest BCUT2D eigenvalue weighted by atomic mass is 15.1. The van der Waals surface area contributed by atoms with Gasteiger partial charge < -0.3 is 11.1 Å². The first-order chi connectivity index (χ1) is 7.87. The summed E-state index contributed by atoms with van der Waals surface area (Å²) in [6, 6.07) is 0.713. The van der Waals surface area contributed by atoms with E-state index >= 15 is 0 Å². The average molecular weight is 238 g/mol. The van der Waals surface area contributed by atoms with Gasteiger partial charge in [0.05, 0.1) is 0 Å². The number of nitrogens with one attached hydrogen (secondary N) is 1. The van der Waals surface area contributed by atoms with Crippen molar-refractivity contribution in [3.63, 3.8) is 0 Å². The number of hydrogen-bond acceptors (Lipinski definition) is 2. The largest absolute Gasteiger partial charge is 0.329 e. The van der Waals surface area contributed by atoms with Crippen LogP contribution in [-0.2, 0) is 0 Å². The van der Waals surface area contributed by atoms with Gasteiger partial charge in [0.1, 0.15) is 0 Å². The molecule has 0 bridgehead atoms. The van der Waals surface area contributed by atoms with Crippen molar-refractivity contribution in [1.29, 1.82) is 0 Å². The molecule has 0 aromatic rings. The summed E-state index contributed by atoms with van der Waals surface area (Å²) in [5.74, 6) is 1.60. The molecule has 0 saturated heterocycles. The summed E-state index contributed by atoms with van der Waals surface area (Å²) < 4.78 is 0. The zero-order chi connectivity index (χ0) is 12.7. The molecule has 2 rings (SSSR count). The molecule has 0 aromatic heterocycles. The Balaban J connectivity index is 2.05. The molecule has 0 radical (unpaired) electrons. The van der Waals surface area contributed by atoms with Crippen LogP contribution in [0.2, 0.25) is 0 Å². The number of rotatable bonds is 3. The van der Waals surface area contributed by atoms with Gasteiger partial charge in [0.2, 0.25) is 0 Å². The topological polar surface area (TPSA) is 38.0 Å². The van der Waals surface area contributed by atoms with Gasteiger partial charge in [-0.3, -0.25) is 0 Å². The van der Waals surface area contributed by atoms with Crippen LogP contribution in [0.1, 0.15) is 59.8 Å². The molecule has 2 saturated carbocycles. The highest BCUT2D eigenvalue weighted by Crippen LogP contribution is 2.47. The van der Waals surface area contributed by atoms with Crippen LogP contribution in [-0.4, -0.2) is 18.1 Å². The first-order valence-corrected chi connectivity index (χ1v) is 7.35. The molecular formula is C15H30N2. The van der Waals surface area contributed by atoms with E-state index in [-0.39, 0.29) is 5.54 Å². The molecule has 17 heavy (non-hydrogen) atoms. The fourth-order valence-electron chi connectivity index (χ4n) is 4.39. The second-order valence-electron chi connectivity index (χ2n) is 7.57. The Morgan fingerprint density at radius 2 is 1.94 bits per heavy atom. The quantitative estimate of drug-likeness (QED) is 0.793. The lowest BCUT2D eigenvalue weighted by Crippen LogP contribution is -2.56. The van der Waals surface area contributed by atoms with E-state index in [2.05, 4.69) is 33.0 Å². The Morgan fingerprint density at radius 1 is 1.24 bits per heavy atom. The standard InChI is InChI=1S/C15H30N2/c1-11-5-6-13(7-11)17-15(10-16)9-14(3,4)8-12(15)2/h11-13,17H,5-10,16H2,1-4H3. The molecule has 2 aliphatic rings. The summed E-state index contributed by atoms with van der Waals surface area (Å²) >= 11 is 0. The van der Waals surface area contributed by atoms with Gasteiger partial charge >= 0.3 is 0 Å². The third-order valence-electron chi connectivity index (χ3n) is 5.15. The maximum absolute atomic E-state index is 6.13. The molecule has 0 heterocycles. The molecule has 2 fully saturated rings. The van der Waals surface area contributed by atoms with Crippen LogP contribution in [0.25, 0.3) is 0 Å². The number of hydrogen-bond donors (Lipinski definition) is 2. The third-order valence-corrected chi connectivity index (χ3v) is 5.15. The van der Waals surface area contributed by atoms with Crippen LogP contribution in [0.3, 0.4) is 0 Å². The van der Waals surface area contributed by atoms with Crippen LogP contribution >= 0.6 is 0 Å². The van der Waals surface area contributed by atoms with E-state index in [4.69, 9.17) is 5.73 Å². The Labute approximate surface area is 107 Å². The lowest BCUT2D eigenvalue weighted by Gasteiger charge is -2.37. The van der Waals surface area contributed by atoms with Crippen molar-refractivity contribution < 1.29 is 0 Å². The molecule has 0 aliphatic heterocycles. The summed E-state index contributed by atoms with van der Waals surface area (Å²) in [5, 5.41) is 3.95. The van der Waals surface area contributed by atoms with Crippen molar-refractivity contribution in [3.8, 4) is 0 Å². The minimum atomic E-state index is 0.207. The minimum Gasteiger partial charge on any atom is -0.329 e. The van der Waals surface area contributed by atoms with Crippen molar-refractivity contribution in [1.82, 2.24) is 5.32 Å². The van der Waals surface area contributed by atoms with Gasteiger partial charge in [-0.25, -0.2) is 0 Å². The predicted molar refractivity (Wildman–Crippen MR) is 73.9 cm³/mol. The first kappa shape index (κ1) is 13.4. The van der Waals surface area contributed by atoms with E-state index in [1.54, 1.807) is 0 Å². The van der Waals surface area contributed by atoms with Gasteiger partial charge in [0.15, 0.2) is 0 Å². The summed E-state index contributed by atoms with van der Waals surface area (Å²) in [5.41, 5.74) is 6.79. The SMILES string of the molecule is CC1CCC(NC2(CN)CC(C)(C)CC2C)C1. The van der Waals surface area contributed by atoms with Crippen LogP contribution in [0, 0.1) is 17.3 Å². The van der Waals surface area contributed by atoms with Gasteiger partial charge in [-0.2, -0.15) is 0 Å². The average Bonchev–Trinajstić information content (AvgIpc) is 2.70. The molecule has 4 unspecified atom stereocenters. The Hall–Kier alpha value is -0.0800. The highest BCUT2D eigenvalue weighted by Gasteiger charge is 2.48. The van der Waals surface area contributed by atoms with Crippen LogP contribution in [0.4, 0.5) is 0 Å². The highest BCUT2D eigenvalue weighted by molar-refractivity contribution is 5.06. The normalized spacial score (nSPS) is 45.4. The third kappa shape index (κ3) is 2.68. The van der Waals surface area contributed by atoms with Crippen molar-refractivity contribution in [2.75, 3.05) is 6.54 Å². The lowest BCUT2D eigenvalue weighted by molar-refractivity contribution is 0.226. The Kier molecular flexibility index (Phi) is 3.57. The summed E-state index contributed by atoms with van der Waals surface area (Å²) in [6.07, 6.45) is 6.61. The second kappa shape index (κ2) is 4.55. The second-order valence-corrected chi connectivity index (χ2v) is 7.57. The van der Waals surface area contributed by atoms with E-state index in [1.165, 1.54) is 32.1 Å². The molecule has 2 aliphatic carbocycles. The minimum absolute atomic E-state index is 0.207. The zero-order valence-electron chi connectivity index (χ0n) is 12.1.